The Hall–Kier alpha value is -1.59. The van der Waals surface area contributed by atoms with Crippen LogP contribution >= 0.6 is 0 Å². The summed E-state index contributed by atoms with van der Waals surface area (Å²) < 4.78 is 11.1. The van der Waals surface area contributed by atoms with Gasteiger partial charge >= 0.3 is 0 Å². The van der Waals surface area contributed by atoms with Gasteiger partial charge < -0.3 is 19.9 Å². The molecule has 2 N–H and O–H groups in total. The van der Waals surface area contributed by atoms with Gasteiger partial charge in [-0.1, -0.05) is 17.7 Å². The number of rotatable bonds is 4. The highest BCUT2D eigenvalue weighted by atomic mass is 16.5. The summed E-state index contributed by atoms with van der Waals surface area (Å²) in [5.41, 5.74) is 1.67. The Labute approximate surface area is 137 Å². The second-order valence-corrected chi connectivity index (χ2v) is 6.63. The Balaban J connectivity index is 1.48. The van der Waals surface area contributed by atoms with E-state index in [0.29, 0.717) is 45.4 Å². The minimum atomic E-state index is -0.705. The Morgan fingerprint density at radius 2 is 2.17 bits per heavy atom. The molecule has 0 saturated carbocycles. The third-order valence-corrected chi connectivity index (χ3v) is 4.77. The molecule has 23 heavy (non-hydrogen) atoms. The zero-order valence-corrected chi connectivity index (χ0v) is 13.6. The molecule has 3 rings (SSSR count). The van der Waals surface area contributed by atoms with Crippen molar-refractivity contribution in [2.45, 2.75) is 50.7 Å². The molecule has 0 aliphatic carbocycles. The maximum absolute atomic E-state index is 12.3. The molecule has 126 valence electrons. The quantitative estimate of drug-likeness (QED) is 0.887. The first-order valence-corrected chi connectivity index (χ1v) is 8.40. The Morgan fingerprint density at radius 3 is 2.96 bits per heavy atom. The van der Waals surface area contributed by atoms with Crippen LogP contribution in [-0.2, 0) is 16.0 Å². The van der Waals surface area contributed by atoms with Crippen LogP contribution in [0.2, 0.25) is 0 Å². The summed E-state index contributed by atoms with van der Waals surface area (Å²) in [5.74, 6) is 0.719. The molecule has 0 radical (unpaired) electrons. The molecule has 0 bridgehead atoms. The molecule has 0 spiro atoms. The van der Waals surface area contributed by atoms with Gasteiger partial charge in [0.25, 0.3) is 5.91 Å². The number of hydrogen-bond acceptors (Lipinski definition) is 4. The van der Waals surface area contributed by atoms with Crippen LogP contribution < -0.4 is 10.1 Å². The molecule has 1 amide bonds. The van der Waals surface area contributed by atoms with Gasteiger partial charge in [0.15, 0.2) is 6.10 Å². The summed E-state index contributed by atoms with van der Waals surface area (Å²) >= 11 is 0. The Bertz CT molecular complexity index is 566. The second kappa shape index (κ2) is 6.89. The number of amides is 1. The van der Waals surface area contributed by atoms with E-state index in [2.05, 4.69) is 18.3 Å². The highest BCUT2D eigenvalue weighted by Gasteiger charge is 2.30. The number of aliphatic hydroxyl groups is 1. The van der Waals surface area contributed by atoms with Gasteiger partial charge in [-0.05, 0) is 50.7 Å². The fourth-order valence-corrected chi connectivity index (χ4v) is 3.24. The van der Waals surface area contributed by atoms with Crippen molar-refractivity contribution < 1.29 is 19.4 Å². The number of hydrogen-bond donors (Lipinski definition) is 2. The maximum atomic E-state index is 12.3. The summed E-state index contributed by atoms with van der Waals surface area (Å²) in [7, 11) is 0. The molecule has 1 saturated heterocycles. The number of carbonyl (C=O) groups excluding carboxylic acids is 1. The number of ether oxygens (including phenoxy) is 2. The van der Waals surface area contributed by atoms with Crippen LogP contribution in [0.1, 0.15) is 36.8 Å². The smallest absolute Gasteiger partial charge is 0.261 e. The molecular formula is C18H25NO4. The van der Waals surface area contributed by atoms with E-state index in [1.165, 1.54) is 11.1 Å². The van der Waals surface area contributed by atoms with Crippen LogP contribution in [0.5, 0.6) is 5.75 Å². The summed E-state index contributed by atoms with van der Waals surface area (Å²) in [4.78, 5) is 12.3. The van der Waals surface area contributed by atoms with Gasteiger partial charge in [-0.25, -0.2) is 0 Å². The van der Waals surface area contributed by atoms with Crippen LogP contribution in [-0.4, -0.2) is 42.5 Å². The number of aryl methyl sites for hydroxylation is 2. The van der Waals surface area contributed by atoms with Crippen molar-refractivity contribution in [2.75, 3.05) is 19.8 Å². The molecule has 1 atom stereocenters. The van der Waals surface area contributed by atoms with Crippen molar-refractivity contribution in [2.24, 2.45) is 0 Å². The monoisotopic (exact) mass is 319 g/mol. The summed E-state index contributed by atoms with van der Waals surface area (Å²) in [6.45, 7) is 3.70. The van der Waals surface area contributed by atoms with Crippen LogP contribution in [0.4, 0.5) is 0 Å². The lowest BCUT2D eigenvalue weighted by atomic mass is 9.91. The van der Waals surface area contributed by atoms with E-state index in [0.717, 1.165) is 12.2 Å². The van der Waals surface area contributed by atoms with E-state index in [1.54, 1.807) is 0 Å². The van der Waals surface area contributed by atoms with E-state index in [-0.39, 0.29) is 5.91 Å². The number of benzene rings is 1. The van der Waals surface area contributed by atoms with Gasteiger partial charge in [-0.2, -0.15) is 0 Å². The van der Waals surface area contributed by atoms with Crippen molar-refractivity contribution >= 4 is 5.91 Å². The third kappa shape index (κ3) is 4.03. The summed E-state index contributed by atoms with van der Waals surface area (Å²) in [5, 5.41) is 13.3. The van der Waals surface area contributed by atoms with Gasteiger partial charge in [-0.15, -0.1) is 0 Å². The van der Waals surface area contributed by atoms with E-state index in [1.807, 2.05) is 12.1 Å². The molecular weight excluding hydrogens is 294 g/mol. The van der Waals surface area contributed by atoms with Crippen molar-refractivity contribution in [3.05, 3.63) is 29.3 Å². The van der Waals surface area contributed by atoms with Gasteiger partial charge in [0.2, 0.25) is 0 Å². The molecule has 2 aliphatic heterocycles. The summed E-state index contributed by atoms with van der Waals surface area (Å²) in [6, 6.07) is 6.05. The minimum absolute atomic E-state index is 0.0908. The van der Waals surface area contributed by atoms with Crippen molar-refractivity contribution in [1.82, 2.24) is 5.32 Å². The predicted molar refractivity (Wildman–Crippen MR) is 86.5 cm³/mol. The van der Waals surface area contributed by atoms with Crippen LogP contribution in [0, 0.1) is 6.92 Å². The molecule has 1 aromatic rings. The highest BCUT2D eigenvalue weighted by Crippen LogP contribution is 2.28. The standard InChI is InChI=1S/C18H25NO4/c1-13-2-4-15-14(12-13)3-5-16(23-15)17(20)19-9-6-18(21)7-10-22-11-8-18/h2,4,12,16,21H,3,5-11H2,1H3,(H,19,20). The maximum Gasteiger partial charge on any atom is 0.261 e. The first kappa shape index (κ1) is 16.3. The molecule has 5 nitrogen and oxygen atoms in total. The van der Waals surface area contributed by atoms with Crippen LogP contribution in [0.15, 0.2) is 18.2 Å². The van der Waals surface area contributed by atoms with Crippen molar-refractivity contribution in [3.8, 4) is 5.75 Å². The number of nitrogens with one attached hydrogen (secondary N) is 1. The van der Waals surface area contributed by atoms with Gasteiger partial charge in [0, 0.05) is 19.8 Å². The topological polar surface area (TPSA) is 67.8 Å². The molecule has 1 aromatic carbocycles. The zero-order chi connectivity index (χ0) is 16.3. The lowest BCUT2D eigenvalue weighted by molar-refractivity contribution is -0.129. The van der Waals surface area contributed by atoms with E-state index in [9.17, 15) is 9.90 Å². The third-order valence-electron chi connectivity index (χ3n) is 4.77. The average molecular weight is 319 g/mol. The number of carbonyl (C=O) groups is 1. The van der Waals surface area contributed by atoms with Crippen molar-refractivity contribution in [1.29, 1.82) is 0 Å². The molecule has 0 aromatic heterocycles. The number of fused-ring (bicyclic) bond motifs is 1. The second-order valence-electron chi connectivity index (χ2n) is 6.63. The lowest BCUT2D eigenvalue weighted by Gasteiger charge is -2.32. The van der Waals surface area contributed by atoms with Gasteiger partial charge in [-0.3, -0.25) is 4.79 Å². The highest BCUT2D eigenvalue weighted by molar-refractivity contribution is 5.81. The van der Waals surface area contributed by atoms with Gasteiger partial charge in [0.05, 0.1) is 5.60 Å². The first-order chi connectivity index (χ1) is 11.1. The summed E-state index contributed by atoms with van der Waals surface area (Å²) in [6.07, 6.45) is 2.95. The van der Waals surface area contributed by atoms with Crippen LogP contribution in [0.3, 0.4) is 0 Å². The molecule has 5 heteroatoms. The SMILES string of the molecule is Cc1ccc2c(c1)CCC(C(=O)NCCC1(O)CCOCC1)O2. The van der Waals surface area contributed by atoms with Crippen molar-refractivity contribution in [3.63, 3.8) is 0 Å². The van der Waals surface area contributed by atoms with E-state index < -0.39 is 11.7 Å². The Morgan fingerprint density at radius 1 is 1.39 bits per heavy atom. The normalized spacial score (nSPS) is 22.8. The van der Waals surface area contributed by atoms with E-state index >= 15 is 0 Å². The molecule has 2 aliphatic rings. The van der Waals surface area contributed by atoms with E-state index in [4.69, 9.17) is 9.47 Å². The molecule has 1 fully saturated rings. The van der Waals surface area contributed by atoms with Gasteiger partial charge in [0.1, 0.15) is 5.75 Å². The fraction of sp³-hybridized carbons (Fsp3) is 0.611. The minimum Gasteiger partial charge on any atom is -0.480 e. The predicted octanol–water partition coefficient (Wildman–Crippen LogP) is 1.74. The van der Waals surface area contributed by atoms with Crippen LogP contribution in [0.25, 0.3) is 0 Å². The Kier molecular flexibility index (Phi) is 4.87. The average Bonchev–Trinajstić information content (AvgIpc) is 2.54. The largest absolute Gasteiger partial charge is 0.480 e. The fourth-order valence-electron chi connectivity index (χ4n) is 3.24. The molecule has 2 heterocycles. The lowest BCUT2D eigenvalue weighted by Crippen LogP contribution is -2.44. The first-order valence-electron chi connectivity index (χ1n) is 8.40. The molecule has 1 unspecified atom stereocenters. The zero-order valence-electron chi connectivity index (χ0n) is 13.6.